The molecule has 0 aliphatic rings. The second-order valence-electron chi connectivity index (χ2n) is 2.88. The van der Waals surface area contributed by atoms with Crippen molar-refractivity contribution in [1.82, 2.24) is 0 Å². The van der Waals surface area contributed by atoms with Gasteiger partial charge in [0.1, 0.15) is 0 Å². The van der Waals surface area contributed by atoms with Crippen LogP contribution in [-0.2, 0) is 0 Å². The summed E-state index contributed by atoms with van der Waals surface area (Å²) in [6.45, 7) is 5.11. The SMILES string of the molecule is Cc1c(C)c(F)c(F)c([Si])c1C. The Balaban J connectivity index is 3.60. The van der Waals surface area contributed by atoms with E-state index in [1.807, 2.05) is 0 Å². The number of hydrogen-bond donors (Lipinski definition) is 0. The Morgan fingerprint density at radius 2 is 1.33 bits per heavy atom. The summed E-state index contributed by atoms with van der Waals surface area (Å²) < 4.78 is 26.0. The van der Waals surface area contributed by atoms with Crippen molar-refractivity contribution in [2.75, 3.05) is 0 Å². The number of benzene rings is 1. The lowest BCUT2D eigenvalue weighted by Gasteiger charge is -2.10. The Labute approximate surface area is 74.0 Å². The largest absolute Gasteiger partial charge is 0.204 e. The van der Waals surface area contributed by atoms with E-state index in [1.165, 1.54) is 0 Å². The molecule has 0 spiro atoms. The molecule has 3 heteroatoms. The van der Waals surface area contributed by atoms with E-state index >= 15 is 0 Å². The molecular formula is C9H9F2Si. The molecule has 0 nitrogen and oxygen atoms in total. The summed E-state index contributed by atoms with van der Waals surface area (Å²) in [5.41, 5.74) is 1.92. The van der Waals surface area contributed by atoms with Gasteiger partial charge in [-0.1, -0.05) is 0 Å². The van der Waals surface area contributed by atoms with Crippen LogP contribution < -0.4 is 5.19 Å². The first-order valence-corrected chi connectivity index (χ1v) is 4.13. The lowest BCUT2D eigenvalue weighted by Crippen LogP contribution is -2.18. The predicted molar refractivity (Wildman–Crippen MR) is 46.0 cm³/mol. The van der Waals surface area contributed by atoms with Gasteiger partial charge in [0.05, 0.1) is 10.2 Å². The van der Waals surface area contributed by atoms with Crippen LogP contribution in [0.15, 0.2) is 0 Å². The number of rotatable bonds is 0. The molecule has 0 fully saturated rings. The number of hydrogen-bond acceptors (Lipinski definition) is 0. The average molecular weight is 183 g/mol. The van der Waals surface area contributed by atoms with Gasteiger partial charge in [-0.15, -0.1) is 0 Å². The first kappa shape index (κ1) is 9.39. The Morgan fingerprint density at radius 3 is 1.83 bits per heavy atom. The van der Waals surface area contributed by atoms with Gasteiger partial charge in [-0.2, -0.15) is 0 Å². The van der Waals surface area contributed by atoms with E-state index in [1.54, 1.807) is 20.8 Å². The molecule has 0 amide bonds. The fraction of sp³-hybridized carbons (Fsp3) is 0.333. The lowest BCUT2D eigenvalue weighted by atomic mass is 10.0. The van der Waals surface area contributed by atoms with E-state index < -0.39 is 11.6 Å². The Morgan fingerprint density at radius 1 is 0.833 bits per heavy atom. The van der Waals surface area contributed by atoms with Crippen LogP contribution in [0.25, 0.3) is 0 Å². The van der Waals surface area contributed by atoms with E-state index in [0.29, 0.717) is 5.56 Å². The van der Waals surface area contributed by atoms with Gasteiger partial charge in [0, 0.05) is 0 Å². The van der Waals surface area contributed by atoms with Crippen molar-refractivity contribution < 1.29 is 8.78 Å². The monoisotopic (exact) mass is 183 g/mol. The molecule has 0 saturated carbocycles. The summed E-state index contributed by atoms with van der Waals surface area (Å²) in [5, 5.41) is 0.218. The molecule has 12 heavy (non-hydrogen) atoms. The van der Waals surface area contributed by atoms with Crippen molar-refractivity contribution in [3.8, 4) is 0 Å². The minimum absolute atomic E-state index is 0.218. The molecule has 0 aromatic heterocycles. The van der Waals surface area contributed by atoms with Crippen LogP contribution in [0.1, 0.15) is 16.7 Å². The van der Waals surface area contributed by atoms with E-state index in [0.717, 1.165) is 11.1 Å². The Bertz CT molecular complexity index is 227. The van der Waals surface area contributed by atoms with Crippen molar-refractivity contribution >= 4 is 15.4 Å². The van der Waals surface area contributed by atoms with Crippen LogP contribution in [0.5, 0.6) is 0 Å². The molecule has 0 saturated heterocycles. The number of halogens is 2. The smallest absolute Gasteiger partial charge is 0.161 e. The standard InChI is InChI=1S/C9H9F2Si/c1-4-5(2)7(10)8(11)9(12)6(4)3/h1-3H3. The van der Waals surface area contributed by atoms with Gasteiger partial charge >= 0.3 is 0 Å². The third-order valence-electron chi connectivity index (χ3n) is 2.24. The van der Waals surface area contributed by atoms with Crippen molar-refractivity contribution in [3.05, 3.63) is 28.3 Å². The summed E-state index contributed by atoms with van der Waals surface area (Å²) >= 11 is 0. The summed E-state index contributed by atoms with van der Waals surface area (Å²) in [6, 6.07) is 0. The van der Waals surface area contributed by atoms with Crippen molar-refractivity contribution in [3.63, 3.8) is 0 Å². The molecule has 1 rings (SSSR count). The average Bonchev–Trinajstić information content (AvgIpc) is 2.08. The topological polar surface area (TPSA) is 0 Å². The van der Waals surface area contributed by atoms with Crippen molar-refractivity contribution in [2.45, 2.75) is 20.8 Å². The van der Waals surface area contributed by atoms with E-state index in [-0.39, 0.29) is 5.19 Å². The van der Waals surface area contributed by atoms with Crippen LogP contribution >= 0.6 is 0 Å². The first-order chi connectivity index (χ1) is 5.46. The maximum atomic E-state index is 13.0. The van der Waals surface area contributed by atoms with E-state index in [9.17, 15) is 8.78 Å². The summed E-state index contributed by atoms with van der Waals surface area (Å²) in [6.07, 6.45) is 0. The molecular weight excluding hydrogens is 174 g/mol. The fourth-order valence-electron chi connectivity index (χ4n) is 1.07. The second-order valence-corrected chi connectivity index (χ2v) is 3.38. The van der Waals surface area contributed by atoms with Gasteiger partial charge < -0.3 is 0 Å². The van der Waals surface area contributed by atoms with Crippen LogP contribution in [0, 0.1) is 32.4 Å². The molecule has 0 unspecified atom stereocenters. The fourth-order valence-corrected chi connectivity index (χ4v) is 1.37. The molecule has 0 heterocycles. The van der Waals surface area contributed by atoms with Crippen molar-refractivity contribution in [1.29, 1.82) is 0 Å². The molecule has 1 aromatic rings. The Kier molecular flexibility index (Phi) is 2.33. The van der Waals surface area contributed by atoms with Crippen LogP contribution in [0.4, 0.5) is 8.78 Å². The zero-order valence-electron chi connectivity index (χ0n) is 7.26. The Hall–Kier alpha value is -0.703. The summed E-state index contributed by atoms with van der Waals surface area (Å²) in [5.74, 6) is -1.56. The van der Waals surface area contributed by atoms with Gasteiger partial charge in [-0.25, -0.2) is 8.78 Å². The molecule has 3 radical (unpaired) electrons. The zero-order chi connectivity index (χ0) is 9.46. The summed E-state index contributed by atoms with van der Waals surface area (Å²) in [7, 11) is 3.05. The minimum Gasteiger partial charge on any atom is -0.204 e. The minimum atomic E-state index is -0.799. The highest BCUT2D eigenvalue weighted by Gasteiger charge is 2.13. The summed E-state index contributed by atoms with van der Waals surface area (Å²) in [4.78, 5) is 0. The van der Waals surface area contributed by atoms with Crippen molar-refractivity contribution in [2.24, 2.45) is 0 Å². The molecule has 0 N–H and O–H groups in total. The van der Waals surface area contributed by atoms with Gasteiger partial charge in [0.25, 0.3) is 0 Å². The molecule has 0 aliphatic carbocycles. The highest BCUT2D eigenvalue weighted by molar-refractivity contribution is 6.33. The third kappa shape index (κ3) is 1.18. The first-order valence-electron chi connectivity index (χ1n) is 3.63. The highest BCUT2D eigenvalue weighted by Crippen LogP contribution is 2.16. The normalized spacial score (nSPS) is 10.5. The maximum absolute atomic E-state index is 13.0. The van der Waals surface area contributed by atoms with E-state index in [2.05, 4.69) is 10.2 Å². The van der Waals surface area contributed by atoms with Gasteiger partial charge in [-0.05, 0) is 42.6 Å². The molecule has 0 bridgehead atoms. The molecule has 1 aromatic carbocycles. The second kappa shape index (κ2) is 2.97. The van der Waals surface area contributed by atoms with Gasteiger partial charge in [-0.3, -0.25) is 0 Å². The van der Waals surface area contributed by atoms with Crippen LogP contribution in [0.3, 0.4) is 0 Å². The van der Waals surface area contributed by atoms with Gasteiger partial charge in [0.2, 0.25) is 0 Å². The maximum Gasteiger partial charge on any atom is 0.161 e. The molecule has 0 aliphatic heterocycles. The highest BCUT2D eigenvalue weighted by atomic mass is 28.1. The van der Waals surface area contributed by atoms with Crippen LogP contribution in [0.2, 0.25) is 0 Å². The molecule has 63 valence electrons. The zero-order valence-corrected chi connectivity index (χ0v) is 8.26. The quantitative estimate of drug-likeness (QED) is 0.537. The van der Waals surface area contributed by atoms with Crippen LogP contribution in [-0.4, -0.2) is 10.2 Å². The predicted octanol–water partition coefficient (Wildman–Crippen LogP) is 1.68. The molecule has 0 atom stereocenters. The van der Waals surface area contributed by atoms with Gasteiger partial charge in [0.15, 0.2) is 11.6 Å². The third-order valence-corrected chi connectivity index (χ3v) is 2.84. The lowest BCUT2D eigenvalue weighted by molar-refractivity contribution is 0.506. The van der Waals surface area contributed by atoms with E-state index in [4.69, 9.17) is 0 Å².